The lowest BCUT2D eigenvalue weighted by atomic mass is 9.90. The summed E-state index contributed by atoms with van der Waals surface area (Å²) >= 11 is 6.31. The van der Waals surface area contributed by atoms with Crippen LogP contribution in [0.15, 0.2) is 49.0 Å². The van der Waals surface area contributed by atoms with Crippen LogP contribution in [0.25, 0.3) is 5.70 Å². The SMILES string of the molecule is C=C(NCCC1CCCCc2ccc(Cl)cc21)c1ccc(CN2CCN(C)CC2)cc1. The summed E-state index contributed by atoms with van der Waals surface area (Å²) < 4.78 is 0. The highest BCUT2D eigenvalue weighted by molar-refractivity contribution is 6.30. The van der Waals surface area contributed by atoms with Crippen molar-refractivity contribution >= 4 is 17.3 Å². The van der Waals surface area contributed by atoms with Crippen molar-refractivity contribution in [2.75, 3.05) is 39.8 Å². The number of nitrogens with one attached hydrogen (secondary N) is 1. The topological polar surface area (TPSA) is 18.5 Å². The van der Waals surface area contributed by atoms with Gasteiger partial charge >= 0.3 is 0 Å². The summed E-state index contributed by atoms with van der Waals surface area (Å²) in [6, 6.07) is 15.4. The molecule has 1 aliphatic heterocycles. The average Bonchev–Trinajstić information content (AvgIpc) is 2.98. The van der Waals surface area contributed by atoms with Crippen molar-refractivity contribution in [2.45, 2.75) is 44.6 Å². The van der Waals surface area contributed by atoms with E-state index in [-0.39, 0.29) is 0 Å². The van der Waals surface area contributed by atoms with E-state index in [1.807, 2.05) is 6.07 Å². The van der Waals surface area contributed by atoms with Crippen molar-refractivity contribution in [1.82, 2.24) is 15.1 Å². The normalized spacial score (nSPS) is 20.1. The summed E-state index contributed by atoms with van der Waals surface area (Å²) in [5, 5.41) is 4.44. The van der Waals surface area contributed by atoms with Gasteiger partial charge in [0.25, 0.3) is 0 Å². The van der Waals surface area contributed by atoms with E-state index in [0.717, 1.165) is 56.4 Å². The van der Waals surface area contributed by atoms with Gasteiger partial charge in [-0.25, -0.2) is 0 Å². The Morgan fingerprint density at radius 2 is 1.84 bits per heavy atom. The zero-order valence-electron chi connectivity index (χ0n) is 18.9. The van der Waals surface area contributed by atoms with Crippen LogP contribution >= 0.6 is 11.6 Å². The standard InChI is InChI=1S/C27H36ClN3/c1-21(23-9-7-22(8-10-23)20-31-17-15-30(2)16-18-31)29-14-13-25-6-4-3-5-24-11-12-26(28)19-27(24)25/h7-12,19,25,29H,1,3-6,13-18,20H2,2H3. The average molecular weight is 438 g/mol. The summed E-state index contributed by atoms with van der Waals surface area (Å²) in [6.45, 7) is 10.9. The number of piperazine rings is 1. The lowest BCUT2D eigenvalue weighted by molar-refractivity contribution is 0.148. The van der Waals surface area contributed by atoms with Crippen molar-refractivity contribution in [3.05, 3.63) is 76.3 Å². The predicted molar refractivity (Wildman–Crippen MR) is 133 cm³/mol. The van der Waals surface area contributed by atoms with Crippen LogP contribution in [-0.4, -0.2) is 49.6 Å². The Bertz CT molecular complexity index is 869. The molecule has 31 heavy (non-hydrogen) atoms. The smallest absolute Gasteiger partial charge is 0.0409 e. The fraction of sp³-hybridized carbons (Fsp3) is 0.481. The number of nitrogens with zero attached hydrogens (tertiary/aromatic N) is 2. The maximum absolute atomic E-state index is 6.31. The molecule has 1 fully saturated rings. The second-order valence-electron chi connectivity index (χ2n) is 9.26. The second kappa shape index (κ2) is 10.7. The van der Waals surface area contributed by atoms with Gasteiger partial charge in [-0.05, 0) is 73.0 Å². The number of rotatable bonds is 7. The number of benzene rings is 2. The molecule has 2 aliphatic rings. The van der Waals surface area contributed by atoms with E-state index in [0.29, 0.717) is 5.92 Å². The van der Waals surface area contributed by atoms with Gasteiger partial charge in [0.15, 0.2) is 0 Å². The van der Waals surface area contributed by atoms with E-state index in [9.17, 15) is 0 Å². The van der Waals surface area contributed by atoms with E-state index in [1.54, 1.807) is 0 Å². The minimum Gasteiger partial charge on any atom is -0.385 e. The Morgan fingerprint density at radius 3 is 2.61 bits per heavy atom. The number of aryl methyl sites for hydroxylation is 1. The van der Waals surface area contributed by atoms with Crippen LogP contribution in [0.5, 0.6) is 0 Å². The van der Waals surface area contributed by atoms with Crippen molar-refractivity contribution in [2.24, 2.45) is 0 Å². The molecule has 0 saturated carbocycles. The van der Waals surface area contributed by atoms with Crippen LogP contribution in [-0.2, 0) is 13.0 Å². The number of hydrogen-bond acceptors (Lipinski definition) is 3. The van der Waals surface area contributed by atoms with Gasteiger partial charge in [-0.3, -0.25) is 4.90 Å². The summed E-state index contributed by atoms with van der Waals surface area (Å²) in [6.07, 6.45) is 6.14. The molecule has 1 saturated heterocycles. The molecule has 0 aromatic heterocycles. The quantitative estimate of drug-likeness (QED) is 0.573. The first-order chi connectivity index (χ1) is 15.1. The molecule has 1 heterocycles. The van der Waals surface area contributed by atoms with E-state index in [1.165, 1.54) is 47.9 Å². The minimum absolute atomic E-state index is 0.586. The minimum atomic E-state index is 0.586. The Kier molecular flexibility index (Phi) is 7.71. The maximum atomic E-state index is 6.31. The van der Waals surface area contributed by atoms with E-state index in [4.69, 9.17) is 11.6 Å². The third-order valence-corrected chi connectivity index (χ3v) is 7.17. The molecule has 0 radical (unpaired) electrons. The molecule has 166 valence electrons. The summed E-state index contributed by atoms with van der Waals surface area (Å²) in [5.41, 5.74) is 6.54. The molecule has 0 amide bonds. The Hall–Kier alpha value is -1.81. The van der Waals surface area contributed by atoms with Gasteiger partial charge < -0.3 is 10.2 Å². The lowest BCUT2D eigenvalue weighted by Gasteiger charge is -2.32. The summed E-state index contributed by atoms with van der Waals surface area (Å²) in [4.78, 5) is 4.94. The molecule has 0 bridgehead atoms. The van der Waals surface area contributed by atoms with Crippen molar-refractivity contribution in [3.63, 3.8) is 0 Å². The molecule has 1 atom stereocenters. The van der Waals surface area contributed by atoms with Gasteiger partial charge in [0.05, 0.1) is 0 Å². The zero-order valence-corrected chi connectivity index (χ0v) is 19.6. The molecular weight excluding hydrogens is 402 g/mol. The molecule has 2 aromatic rings. The highest BCUT2D eigenvalue weighted by Gasteiger charge is 2.19. The van der Waals surface area contributed by atoms with Gasteiger partial charge in [-0.1, -0.05) is 54.9 Å². The number of likely N-dealkylation sites (N-methyl/N-ethyl adjacent to an activating group) is 1. The molecular formula is C27H36ClN3. The first kappa shape index (κ1) is 22.4. The monoisotopic (exact) mass is 437 g/mol. The first-order valence-corrected chi connectivity index (χ1v) is 12.2. The highest BCUT2D eigenvalue weighted by atomic mass is 35.5. The van der Waals surface area contributed by atoms with Gasteiger partial charge in [0.2, 0.25) is 0 Å². The Labute approximate surface area is 193 Å². The fourth-order valence-corrected chi connectivity index (χ4v) is 5.09. The van der Waals surface area contributed by atoms with Gasteiger partial charge in [-0.2, -0.15) is 0 Å². The molecule has 4 heteroatoms. The highest BCUT2D eigenvalue weighted by Crippen LogP contribution is 2.34. The molecule has 1 unspecified atom stereocenters. The van der Waals surface area contributed by atoms with Crippen molar-refractivity contribution < 1.29 is 0 Å². The van der Waals surface area contributed by atoms with Crippen molar-refractivity contribution in [3.8, 4) is 0 Å². The van der Waals surface area contributed by atoms with Gasteiger partial charge in [-0.15, -0.1) is 0 Å². The predicted octanol–water partition coefficient (Wildman–Crippen LogP) is 5.55. The molecule has 4 rings (SSSR count). The number of fused-ring (bicyclic) bond motifs is 1. The maximum Gasteiger partial charge on any atom is 0.0409 e. The van der Waals surface area contributed by atoms with Crippen LogP contribution in [0, 0.1) is 0 Å². The fourth-order valence-electron chi connectivity index (χ4n) is 4.91. The molecule has 0 spiro atoms. The van der Waals surface area contributed by atoms with Crippen molar-refractivity contribution in [1.29, 1.82) is 0 Å². The third kappa shape index (κ3) is 6.12. The second-order valence-corrected chi connectivity index (χ2v) is 9.69. The zero-order chi connectivity index (χ0) is 21.6. The Balaban J connectivity index is 1.28. The summed E-state index contributed by atoms with van der Waals surface area (Å²) in [5.74, 6) is 0.586. The van der Waals surface area contributed by atoms with E-state index < -0.39 is 0 Å². The van der Waals surface area contributed by atoms with Gasteiger partial charge in [0.1, 0.15) is 0 Å². The van der Waals surface area contributed by atoms with E-state index >= 15 is 0 Å². The largest absolute Gasteiger partial charge is 0.385 e. The van der Waals surface area contributed by atoms with Gasteiger partial charge in [0, 0.05) is 50.0 Å². The number of hydrogen-bond donors (Lipinski definition) is 1. The van der Waals surface area contributed by atoms with Crippen LogP contribution < -0.4 is 5.32 Å². The molecule has 1 N–H and O–H groups in total. The molecule has 2 aromatic carbocycles. The molecule has 1 aliphatic carbocycles. The Morgan fingerprint density at radius 1 is 1.06 bits per heavy atom. The first-order valence-electron chi connectivity index (χ1n) is 11.8. The third-order valence-electron chi connectivity index (χ3n) is 6.93. The number of halogens is 1. The van der Waals surface area contributed by atoms with Crippen LogP contribution in [0.4, 0.5) is 0 Å². The molecule has 3 nitrogen and oxygen atoms in total. The van der Waals surface area contributed by atoms with E-state index in [2.05, 4.69) is 65.1 Å². The van der Waals surface area contributed by atoms with Crippen LogP contribution in [0.1, 0.15) is 53.9 Å². The van der Waals surface area contributed by atoms with Crippen LogP contribution in [0.3, 0.4) is 0 Å². The van der Waals surface area contributed by atoms with Crippen LogP contribution in [0.2, 0.25) is 5.02 Å². The summed E-state index contributed by atoms with van der Waals surface area (Å²) in [7, 11) is 2.20. The lowest BCUT2D eigenvalue weighted by Crippen LogP contribution is -2.43.